The molecule has 0 radical (unpaired) electrons. The van der Waals surface area contributed by atoms with Gasteiger partial charge in [0, 0.05) is 13.1 Å². The van der Waals surface area contributed by atoms with E-state index < -0.39 is 0 Å². The fraction of sp³-hybridized carbons (Fsp3) is 0.467. The Kier molecular flexibility index (Phi) is 4.53. The summed E-state index contributed by atoms with van der Waals surface area (Å²) in [4.78, 5) is 14.2. The van der Waals surface area contributed by atoms with Gasteiger partial charge in [0.2, 0.25) is 5.91 Å². The van der Waals surface area contributed by atoms with Crippen LogP contribution in [0.15, 0.2) is 24.3 Å². The highest BCUT2D eigenvalue weighted by molar-refractivity contribution is 5.82. The van der Waals surface area contributed by atoms with E-state index in [0.29, 0.717) is 18.7 Å². The number of nitrogens with one attached hydrogen (secondary N) is 1. The van der Waals surface area contributed by atoms with Gasteiger partial charge in [0.05, 0.1) is 17.7 Å². The minimum Gasteiger partial charge on any atom is -0.337 e. The molecule has 1 fully saturated rings. The van der Waals surface area contributed by atoms with Crippen molar-refractivity contribution in [2.75, 3.05) is 13.1 Å². The quantitative estimate of drug-likeness (QED) is 0.892. The van der Waals surface area contributed by atoms with Crippen molar-refractivity contribution in [2.45, 2.75) is 32.4 Å². The third kappa shape index (κ3) is 3.12. The van der Waals surface area contributed by atoms with Gasteiger partial charge in [-0.2, -0.15) is 5.26 Å². The average molecular weight is 257 g/mol. The molecule has 1 heterocycles. The molecule has 1 amide bonds. The Balaban J connectivity index is 2.10. The zero-order chi connectivity index (χ0) is 13.7. The van der Waals surface area contributed by atoms with E-state index in [-0.39, 0.29) is 11.9 Å². The summed E-state index contributed by atoms with van der Waals surface area (Å²) >= 11 is 0. The first-order valence-electron chi connectivity index (χ1n) is 6.76. The summed E-state index contributed by atoms with van der Waals surface area (Å²) < 4.78 is 0. The lowest BCUT2D eigenvalue weighted by Crippen LogP contribution is -2.43. The molecular formula is C15H19N3O. The van der Waals surface area contributed by atoms with Crippen molar-refractivity contribution in [3.8, 4) is 6.07 Å². The van der Waals surface area contributed by atoms with Crippen LogP contribution in [0.4, 0.5) is 0 Å². The topological polar surface area (TPSA) is 56.1 Å². The first kappa shape index (κ1) is 13.6. The molecule has 1 atom stereocenters. The van der Waals surface area contributed by atoms with E-state index in [1.165, 1.54) is 0 Å². The fourth-order valence-corrected chi connectivity index (χ4v) is 2.43. The van der Waals surface area contributed by atoms with Crippen molar-refractivity contribution < 1.29 is 4.79 Å². The van der Waals surface area contributed by atoms with Gasteiger partial charge < -0.3 is 10.2 Å². The molecule has 0 unspecified atom stereocenters. The van der Waals surface area contributed by atoms with Gasteiger partial charge in [-0.05, 0) is 37.9 Å². The molecular weight excluding hydrogens is 238 g/mol. The van der Waals surface area contributed by atoms with Crippen molar-refractivity contribution >= 4 is 5.91 Å². The summed E-state index contributed by atoms with van der Waals surface area (Å²) in [5.41, 5.74) is 1.56. The average Bonchev–Trinajstić information content (AvgIpc) is 2.98. The van der Waals surface area contributed by atoms with Crippen LogP contribution in [-0.2, 0) is 11.3 Å². The molecule has 0 saturated carbocycles. The molecule has 0 spiro atoms. The summed E-state index contributed by atoms with van der Waals surface area (Å²) in [6, 6.07) is 9.59. The van der Waals surface area contributed by atoms with E-state index in [0.717, 1.165) is 24.9 Å². The number of likely N-dealkylation sites (N-methyl/N-ethyl adjacent to an activating group) is 1. The van der Waals surface area contributed by atoms with Gasteiger partial charge >= 0.3 is 0 Å². The van der Waals surface area contributed by atoms with Crippen molar-refractivity contribution in [2.24, 2.45) is 0 Å². The Morgan fingerprint density at radius 1 is 1.53 bits per heavy atom. The zero-order valence-electron chi connectivity index (χ0n) is 11.2. The molecule has 1 saturated heterocycles. The van der Waals surface area contributed by atoms with E-state index in [4.69, 9.17) is 5.26 Å². The highest BCUT2D eigenvalue weighted by Gasteiger charge is 2.26. The number of hydrogen-bond acceptors (Lipinski definition) is 3. The van der Waals surface area contributed by atoms with E-state index in [9.17, 15) is 4.79 Å². The van der Waals surface area contributed by atoms with Gasteiger partial charge in [0.25, 0.3) is 0 Å². The second-order valence-corrected chi connectivity index (χ2v) is 4.77. The molecule has 0 aromatic heterocycles. The summed E-state index contributed by atoms with van der Waals surface area (Å²) in [6.07, 6.45) is 1.97. The van der Waals surface area contributed by atoms with Crippen LogP contribution in [0, 0.1) is 11.3 Å². The van der Waals surface area contributed by atoms with Crippen molar-refractivity contribution in [1.82, 2.24) is 10.2 Å². The summed E-state index contributed by atoms with van der Waals surface area (Å²) in [5.74, 6) is 0.146. The first-order chi connectivity index (χ1) is 9.26. The molecule has 0 aliphatic carbocycles. The van der Waals surface area contributed by atoms with E-state index in [1.807, 2.05) is 30.0 Å². The third-order valence-corrected chi connectivity index (χ3v) is 3.55. The van der Waals surface area contributed by atoms with Gasteiger partial charge in [-0.15, -0.1) is 0 Å². The lowest BCUT2D eigenvalue weighted by Gasteiger charge is -2.24. The van der Waals surface area contributed by atoms with Gasteiger partial charge in [0.15, 0.2) is 0 Å². The summed E-state index contributed by atoms with van der Waals surface area (Å²) in [5, 5.41) is 12.3. The van der Waals surface area contributed by atoms with E-state index in [2.05, 4.69) is 11.4 Å². The first-order valence-corrected chi connectivity index (χ1v) is 6.76. The number of hydrogen-bond donors (Lipinski definition) is 1. The summed E-state index contributed by atoms with van der Waals surface area (Å²) in [6.45, 7) is 4.07. The molecule has 1 aliphatic rings. The van der Waals surface area contributed by atoms with Crippen LogP contribution < -0.4 is 5.32 Å². The number of nitriles is 1. The van der Waals surface area contributed by atoms with Crippen molar-refractivity contribution in [1.29, 1.82) is 5.26 Å². The van der Waals surface area contributed by atoms with E-state index >= 15 is 0 Å². The largest absolute Gasteiger partial charge is 0.337 e. The Hall–Kier alpha value is -1.86. The van der Waals surface area contributed by atoms with Gasteiger partial charge in [-0.1, -0.05) is 18.2 Å². The predicted octanol–water partition coefficient (Wildman–Crippen LogP) is 1.66. The molecule has 1 aromatic rings. The lowest BCUT2D eigenvalue weighted by atomic mass is 10.1. The molecule has 4 heteroatoms. The number of benzene rings is 1. The van der Waals surface area contributed by atoms with Gasteiger partial charge in [0.1, 0.15) is 0 Å². The molecule has 1 aliphatic heterocycles. The number of nitrogens with zero attached hydrogens (tertiary/aromatic N) is 2. The van der Waals surface area contributed by atoms with Crippen LogP contribution in [-0.4, -0.2) is 29.9 Å². The standard InChI is InChI=1S/C15H19N3O/c1-2-18(15(19)14-8-5-9-17-14)11-13-7-4-3-6-12(13)10-16/h3-4,6-7,14,17H,2,5,8-9,11H2,1H3/t14-/m1/s1. The number of carbonyl (C=O) groups is 1. The maximum absolute atomic E-state index is 12.4. The van der Waals surface area contributed by atoms with Crippen molar-refractivity contribution in [3.05, 3.63) is 35.4 Å². The van der Waals surface area contributed by atoms with Gasteiger partial charge in [-0.3, -0.25) is 4.79 Å². The number of amides is 1. The molecule has 2 rings (SSSR count). The zero-order valence-corrected chi connectivity index (χ0v) is 11.2. The Bertz CT molecular complexity index is 486. The highest BCUT2D eigenvalue weighted by Crippen LogP contribution is 2.14. The molecule has 1 aromatic carbocycles. The van der Waals surface area contributed by atoms with Crippen LogP contribution in [0.25, 0.3) is 0 Å². The predicted molar refractivity (Wildman–Crippen MR) is 73.3 cm³/mol. The minimum atomic E-state index is -0.0470. The highest BCUT2D eigenvalue weighted by atomic mass is 16.2. The molecule has 1 N–H and O–H groups in total. The fourth-order valence-electron chi connectivity index (χ4n) is 2.43. The summed E-state index contributed by atoms with van der Waals surface area (Å²) in [7, 11) is 0. The van der Waals surface area contributed by atoms with Gasteiger partial charge in [-0.25, -0.2) is 0 Å². The molecule has 100 valence electrons. The van der Waals surface area contributed by atoms with Crippen LogP contribution in [0.5, 0.6) is 0 Å². The molecule has 19 heavy (non-hydrogen) atoms. The third-order valence-electron chi connectivity index (χ3n) is 3.55. The normalized spacial score (nSPS) is 18.0. The van der Waals surface area contributed by atoms with Crippen LogP contribution in [0.1, 0.15) is 30.9 Å². The molecule has 0 bridgehead atoms. The second kappa shape index (κ2) is 6.35. The Labute approximate surface area is 114 Å². The number of carbonyl (C=O) groups excluding carboxylic acids is 1. The van der Waals surface area contributed by atoms with Crippen LogP contribution in [0.3, 0.4) is 0 Å². The van der Waals surface area contributed by atoms with E-state index in [1.54, 1.807) is 6.07 Å². The second-order valence-electron chi connectivity index (χ2n) is 4.77. The SMILES string of the molecule is CCN(Cc1ccccc1C#N)C(=O)[C@H]1CCCN1. The maximum Gasteiger partial charge on any atom is 0.239 e. The molecule has 4 nitrogen and oxygen atoms in total. The smallest absolute Gasteiger partial charge is 0.239 e. The minimum absolute atomic E-state index is 0.0470. The van der Waals surface area contributed by atoms with Crippen molar-refractivity contribution in [3.63, 3.8) is 0 Å². The monoisotopic (exact) mass is 257 g/mol. The number of rotatable bonds is 4. The van der Waals surface area contributed by atoms with Crippen LogP contribution in [0.2, 0.25) is 0 Å². The van der Waals surface area contributed by atoms with Crippen LogP contribution >= 0.6 is 0 Å². The Morgan fingerprint density at radius 3 is 2.95 bits per heavy atom. The Morgan fingerprint density at radius 2 is 2.32 bits per heavy atom. The lowest BCUT2D eigenvalue weighted by molar-refractivity contribution is -0.133. The maximum atomic E-state index is 12.4.